The quantitative estimate of drug-likeness (QED) is 0.608. The van der Waals surface area contributed by atoms with Gasteiger partial charge in [0.2, 0.25) is 0 Å². The zero-order valence-electron chi connectivity index (χ0n) is 14.0. The number of hydrogen-bond acceptors (Lipinski definition) is 6. The van der Waals surface area contributed by atoms with Crippen LogP contribution in [0.4, 0.5) is 0 Å². The molecule has 2 aromatic rings. The van der Waals surface area contributed by atoms with Gasteiger partial charge in [-0.2, -0.15) is 0 Å². The number of ether oxygens (including phenoxy) is 1. The van der Waals surface area contributed by atoms with Crippen LogP contribution in [0.25, 0.3) is 11.1 Å². The van der Waals surface area contributed by atoms with Crippen molar-refractivity contribution in [3.8, 4) is 16.9 Å². The Labute approximate surface area is 146 Å². The van der Waals surface area contributed by atoms with E-state index in [9.17, 15) is 0 Å². The number of hydrazine groups is 1. The molecule has 0 aliphatic carbocycles. The van der Waals surface area contributed by atoms with E-state index in [1.54, 1.807) is 6.20 Å². The Bertz CT molecular complexity index is 824. The molecule has 3 rings (SSSR count). The van der Waals surface area contributed by atoms with Crippen LogP contribution >= 0.6 is 0 Å². The van der Waals surface area contributed by atoms with Gasteiger partial charge < -0.3 is 26.7 Å². The lowest BCUT2D eigenvalue weighted by molar-refractivity contribution is 0.431. The smallest absolute Gasteiger partial charge is 0.146 e. The standard InChI is InChI=1S/C19H21N5O/c1-13-8-17(12-23-24-13)25-19-9-14(10-21)2-5-18(19)15-3-4-16(6-7-20)22-11-15/h2-5,8-12,21,23-24H,6-7,20H2,1H3. The van der Waals surface area contributed by atoms with Gasteiger partial charge in [-0.25, -0.2) is 0 Å². The fourth-order valence-electron chi connectivity index (χ4n) is 2.53. The SMILES string of the molecule is CC1=CC(Oc2cc(C=N)ccc2-c2ccc(CCN)nc2)=CNN1. The Morgan fingerprint density at radius 2 is 2.16 bits per heavy atom. The third kappa shape index (κ3) is 4.05. The molecular weight excluding hydrogens is 314 g/mol. The van der Waals surface area contributed by atoms with Crippen molar-refractivity contribution in [2.45, 2.75) is 13.3 Å². The number of hydrogen-bond donors (Lipinski definition) is 4. The van der Waals surface area contributed by atoms with Gasteiger partial charge in [0.25, 0.3) is 0 Å². The summed E-state index contributed by atoms with van der Waals surface area (Å²) in [7, 11) is 0. The molecule has 0 saturated heterocycles. The summed E-state index contributed by atoms with van der Waals surface area (Å²) in [5.74, 6) is 1.36. The summed E-state index contributed by atoms with van der Waals surface area (Å²) in [5, 5.41) is 7.49. The minimum Gasteiger partial charge on any atom is -0.455 e. The van der Waals surface area contributed by atoms with Gasteiger partial charge in [-0.15, -0.1) is 0 Å². The van der Waals surface area contributed by atoms with Crippen LogP contribution in [0, 0.1) is 5.41 Å². The molecule has 6 heteroatoms. The predicted molar refractivity (Wildman–Crippen MR) is 99.1 cm³/mol. The van der Waals surface area contributed by atoms with E-state index in [-0.39, 0.29) is 0 Å². The Morgan fingerprint density at radius 3 is 2.84 bits per heavy atom. The average molecular weight is 335 g/mol. The second kappa shape index (κ2) is 7.63. The molecule has 0 atom stereocenters. The molecule has 1 aliphatic rings. The van der Waals surface area contributed by atoms with Crippen LogP contribution in [-0.2, 0) is 6.42 Å². The number of aromatic nitrogens is 1. The zero-order valence-corrected chi connectivity index (χ0v) is 14.0. The number of nitrogens with one attached hydrogen (secondary N) is 3. The van der Waals surface area contributed by atoms with Gasteiger partial charge in [0.1, 0.15) is 11.5 Å². The van der Waals surface area contributed by atoms with Crippen LogP contribution in [0.5, 0.6) is 5.75 Å². The summed E-state index contributed by atoms with van der Waals surface area (Å²) < 4.78 is 6.06. The number of benzene rings is 1. The molecule has 0 fully saturated rings. The maximum absolute atomic E-state index is 7.49. The molecular formula is C19H21N5O. The van der Waals surface area contributed by atoms with Gasteiger partial charge in [-0.05, 0) is 37.2 Å². The van der Waals surface area contributed by atoms with E-state index in [2.05, 4.69) is 15.8 Å². The summed E-state index contributed by atoms with van der Waals surface area (Å²) >= 11 is 0. The molecule has 0 amide bonds. The fraction of sp³-hybridized carbons (Fsp3) is 0.158. The van der Waals surface area contributed by atoms with E-state index >= 15 is 0 Å². The van der Waals surface area contributed by atoms with Crippen LogP contribution in [0.3, 0.4) is 0 Å². The lowest BCUT2D eigenvalue weighted by Gasteiger charge is -2.17. The third-order valence-corrected chi connectivity index (χ3v) is 3.78. The van der Waals surface area contributed by atoms with Crippen molar-refractivity contribution in [3.63, 3.8) is 0 Å². The maximum atomic E-state index is 7.49. The van der Waals surface area contributed by atoms with Crippen LogP contribution < -0.4 is 21.3 Å². The number of nitrogens with two attached hydrogens (primary N) is 1. The largest absolute Gasteiger partial charge is 0.455 e. The van der Waals surface area contributed by atoms with Gasteiger partial charge in [0.15, 0.2) is 0 Å². The predicted octanol–water partition coefficient (Wildman–Crippen LogP) is 2.48. The molecule has 0 saturated carbocycles. The molecule has 0 radical (unpaired) electrons. The van der Waals surface area contributed by atoms with E-state index < -0.39 is 0 Å². The molecule has 6 nitrogen and oxygen atoms in total. The van der Waals surface area contributed by atoms with Crippen molar-refractivity contribution >= 4 is 6.21 Å². The van der Waals surface area contributed by atoms with Gasteiger partial charge in [0, 0.05) is 47.4 Å². The zero-order chi connectivity index (χ0) is 17.6. The van der Waals surface area contributed by atoms with Crippen molar-refractivity contribution in [2.24, 2.45) is 5.73 Å². The number of rotatable bonds is 6. The van der Waals surface area contributed by atoms with Gasteiger partial charge in [-0.3, -0.25) is 4.98 Å². The van der Waals surface area contributed by atoms with E-state index in [4.69, 9.17) is 15.9 Å². The molecule has 2 heterocycles. The van der Waals surface area contributed by atoms with Crippen molar-refractivity contribution in [1.82, 2.24) is 15.8 Å². The number of pyridine rings is 1. The molecule has 0 bridgehead atoms. The molecule has 25 heavy (non-hydrogen) atoms. The minimum absolute atomic E-state index is 0.579. The highest BCUT2D eigenvalue weighted by molar-refractivity contribution is 5.81. The molecule has 128 valence electrons. The molecule has 0 spiro atoms. The molecule has 0 unspecified atom stereocenters. The first-order chi connectivity index (χ1) is 12.2. The minimum atomic E-state index is 0.579. The van der Waals surface area contributed by atoms with Crippen molar-refractivity contribution < 1.29 is 4.74 Å². The monoisotopic (exact) mass is 335 g/mol. The summed E-state index contributed by atoms with van der Waals surface area (Å²) in [5.41, 5.74) is 16.1. The first kappa shape index (κ1) is 16.7. The molecule has 1 aromatic heterocycles. The highest BCUT2D eigenvalue weighted by Gasteiger charge is 2.11. The molecule has 1 aliphatic heterocycles. The third-order valence-electron chi connectivity index (χ3n) is 3.78. The number of nitrogens with zero attached hydrogens (tertiary/aromatic N) is 1. The highest BCUT2D eigenvalue weighted by atomic mass is 16.5. The van der Waals surface area contributed by atoms with E-state index in [1.807, 2.05) is 49.5 Å². The summed E-state index contributed by atoms with van der Waals surface area (Å²) in [6.45, 7) is 2.52. The Morgan fingerprint density at radius 1 is 1.28 bits per heavy atom. The summed E-state index contributed by atoms with van der Waals surface area (Å²) in [6, 6.07) is 9.68. The van der Waals surface area contributed by atoms with E-state index in [1.165, 1.54) is 6.21 Å². The van der Waals surface area contributed by atoms with Gasteiger partial charge >= 0.3 is 0 Å². The van der Waals surface area contributed by atoms with Crippen LogP contribution in [0.2, 0.25) is 0 Å². The second-order valence-corrected chi connectivity index (χ2v) is 5.72. The second-order valence-electron chi connectivity index (χ2n) is 5.72. The Balaban J connectivity index is 1.95. The van der Waals surface area contributed by atoms with Crippen LogP contribution in [-0.4, -0.2) is 17.7 Å². The summed E-state index contributed by atoms with van der Waals surface area (Å²) in [6.07, 6.45) is 7.53. The number of allylic oxidation sites excluding steroid dienone is 2. The summed E-state index contributed by atoms with van der Waals surface area (Å²) in [4.78, 5) is 4.46. The van der Waals surface area contributed by atoms with Crippen molar-refractivity contribution in [1.29, 1.82) is 5.41 Å². The first-order valence-electron chi connectivity index (χ1n) is 8.07. The molecule has 1 aromatic carbocycles. The Kier molecular flexibility index (Phi) is 5.11. The lowest BCUT2D eigenvalue weighted by atomic mass is 10.0. The van der Waals surface area contributed by atoms with E-state index in [0.717, 1.165) is 34.5 Å². The van der Waals surface area contributed by atoms with Crippen LogP contribution in [0.1, 0.15) is 18.2 Å². The van der Waals surface area contributed by atoms with Gasteiger partial charge in [0.05, 0.1) is 6.20 Å². The maximum Gasteiger partial charge on any atom is 0.146 e. The lowest BCUT2D eigenvalue weighted by Crippen LogP contribution is -2.28. The first-order valence-corrected chi connectivity index (χ1v) is 8.07. The van der Waals surface area contributed by atoms with Crippen molar-refractivity contribution in [2.75, 3.05) is 6.54 Å². The Hall–Kier alpha value is -3.12. The normalized spacial score (nSPS) is 13.2. The fourth-order valence-corrected chi connectivity index (χ4v) is 2.53. The van der Waals surface area contributed by atoms with Gasteiger partial charge in [-0.1, -0.05) is 12.1 Å². The average Bonchev–Trinajstić information content (AvgIpc) is 2.63. The van der Waals surface area contributed by atoms with Crippen molar-refractivity contribution in [3.05, 3.63) is 71.5 Å². The molecule has 5 N–H and O–H groups in total. The van der Waals surface area contributed by atoms with E-state index in [0.29, 0.717) is 18.1 Å². The topological polar surface area (TPSA) is 96.0 Å². The highest BCUT2D eigenvalue weighted by Crippen LogP contribution is 2.32. The van der Waals surface area contributed by atoms with Crippen LogP contribution in [0.15, 0.2) is 60.3 Å².